The molecule has 0 amide bonds. The molecule has 1 aliphatic carbocycles. The Morgan fingerprint density at radius 2 is 1.52 bits per heavy atom. The molecule has 1 unspecified atom stereocenters. The first kappa shape index (κ1) is 37.0. The Morgan fingerprint density at radius 1 is 0.968 bits per heavy atom. The van der Waals surface area contributed by atoms with E-state index >= 15 is 0 Å². The lowest BCUT2D eigenvalue weighted by atomic mass is 9.84. The Labute approximate surface area is 196 Å². The SMILES string of the molecule is CC.CC.CC.CCCCC(C)(C)CC#CC1CCC(=O)C1.CCCCCCC(=O)O. The summed E-state index contributed by atoms with van der Waals surface area (Å²) in [5, 5.41) is 8.21. The third-order valence-electron chi connectivity index (χ3n) is 4.57. The molecular formula is C28H56O3. The Balaban J connectivity index is -0.000000207. The van der Waals surface area contributed by atoms with Gasteiger partial charge in [0.2, 0.25) is 0 Å². The molecule has 0 aromatic carbocycles. The molecule has 0 heterocycles. The number of rotatable bonds is 9. The average Bonchev–Trinajstić information content (AvgIpc) is 3.19. The van der Waals surface area contributed by atoms with Crippen LogP contribution in [0.25, 0.3) is 0 Å². The zero-order valence-corrected chi connectivity index (χ0v) is 22.8. The maximum absolute atomic E-state index is 11.1. The van der Waals surface area contributed by atoms with E-state index in [9.17, 15) is 9.59 Å². The number of carbonyl (C=O) groups excluding carboxylic acids is 1. The predicted octanol–water partition coefficient (Wildman–Crippen LogP) is 9.09. The molecule has 1 aliphatic rings. The minimum atomic E-state index is -0.675. The quantitative estimate of drug-likeness (QED) is 0.287. The summed E-state index contributed by atoms with van der Waals surface area (Å²) in [6.45, 7) is 20.9. The maximum Gasteiger partial charge on any atom is 0.303 e. The Morgan fingerprint density at radius 3 is 1.94 bits per heavy atom. The zero-order chi connectivity index (χ0) is 25.1. The van der Waals surface area contributed by atoms with Crippen LogP contribution in [-0.2, 0) is 9.59 Å². The lowest BCUT2D eigenvalue weighted by Crippen LogP contribution is -2.09. The van der Waals surface area contributed by atoms with Crippen molar-refractivity contribution in [1.82, 2.24) is 0 Å². The molecular weight excluding hydrogens is 384 g/mol. The van der Waals surface area contributed by atoms with Crippen molar-refractivity contribution in [2.75, 3.05) is 0 Å². The first-order chi connectivity index (χ1) is 14.8. The molecule has 0 aliphatic heterocycles. The van der Waals surface area contributed by atoms with Crippen LogP contribution in [-0.4, -0.2) is 16.9 Å². The monoisotopic (exact) mass is 440 g/mol. The van der Waals surface area contributed by atoms with Gasteiger partial charge in [-0.3, -0.25) is 9.59 Å². The summed E-state index contributed by atoms with van der Waals surface area (Å²) in [5.41, 5.74) is 0.339. The number of ketones is 1. The van der Waals surface area contributed by atoms with Crippen molar-refractivity contribution in [3.8, 4) is 11.8 Å². The standard InChI is InChI=1S/C15H24O.C7H14O2.3C2H6/c1-4-5-10-15(2,3)11-6-7-13-8-9-14(16)12-13;1-2-3-4-5-6-7(8)9;3*1-2/h13H,4-5,8-12H2,1-3H3;2-6H2,1H3,(H,8,9);3*1-2H3. The summed E-state index contributed by atoms with van der Waals surface area (Å²) >= 11 is 0. The molecule has 3 heteroatoms. The molecule has 0 spiro atoms. The van der Waals surface area contributed by atoms with E-state index < -0.39 is 5.97 Å². The second-order valence-electron chi connectivity index (χ2n) is 7.95. The molecule has 0 aromatic rings. The summed E-state index contributed by atoms with van der Waals surface area (Å²) in [6.07, 6.45) is 11.8. The van der Waals surface area contributed by atoms with Crippen molar-refractivity contribution < 1.29 is 14.7 Å². The van der Waals surface area contributed by atoms with E-state index in [0.717, 1.165) is 38.5 Å². The molecule has 3 nitrogen and oxygen atoms in total. The summed E-state index contributed by atoms with van der Waals surface area (Å²) < 4.78 is 0. The van der Waals surface area contributed by atoms with Crippen molar-refractivity contribution >= 4 is 11.8 Å². The summed E-state index contributed by atoms with van der Waals surface area (Å²) in [6, 6.07) is 0. The normalized spacial score (nSPS) is 14.0. The molecule has 1 N–H and O–H groups in total. The molecule has 0 bridgehead atoms. The van der Waals surface area contributed by atoms with Gasteiger partial charge in [-0.25, -0.2) is 0 Å². The highest BCUT2D eigenvalue weighted by Gasteiger charge is 2.20. The third kappa shape index (κ3) is 31.0. The number of Topliss-reactive ketones (excluding diaryl/α,β-unsaturated/α-hetero) is 1. The Kier molecular flexibility index (Phi) is 34.3. The third-order valence-corrected chi connectivity index (χ3v) is 4.57. The van der Waals surface area contributed by atoms with Crippen molar-refractivity contribution in [3.63, 3.8) is 0 Å². The fourth-order valence-corrected chi connectivity index (χ4v) is 2.82. The van der Waals surface area contributed by atoms with Crippen molar-refractivity contribution in [2.24, 2.45) is 11.3 Å². The molecule has 186 valence electrons. The van der Waals surface area contributed by atoms with E-state index in [1.54, 1.807) is 0 Å². The number of carbonyl (C=O) groups is 2. The molecule has 0 saturated heterocycles. The van der Waals surface area contributed by atoms with E-state index in [2.05, 4.69) is 39.5 Å². The molecule has 31 heavy (non-hydrogen) atoms. The Hall–Kier alpha value is -1.30. The lowest BCUT2D eigenvalue weighted by molar-refractivity contribution is -0.137. The minimum Gasteiger partial charge on any atom is -0.481 e. The van der Waals surface area contributed by atoms with E-state index in [4.69, 9.17) is 5.11 Å². The smallest absolute Gasteiger partial charge is 0.303 e. The van der Waals surface area contributed by atoms with Crippen LogP contribution >= 0.6 is 0 Å². The Bertz CT molecular complexity index is 441. The van der Waals surface area contributed by atoms with Gasteiger partial charge in [0.1, 0.15) is 5.78 Å². The predicted molar refractivity (Wildman–Crippen MR) is 138 cm³/mol. The van der Waals surface area contributed by atoms with Crippen LogP contribution in [0.4, 0.5) is 0 Å². The van der Waals surface area contributed by atoms with Crippen molar-refractivity contribution in [3.05, 3.63) is 0 Å². The first-order valence-electron chi connectivity index (χ1n) is 13.0. The zero-order valence-electron chi connectivity index (χ0n) is 22.8. The van der Waals surface area contributed by atoms with E-state index in [0.29, 0.717) is 30.0 Å². The maximum atomic E-state index is 11.1. The molecule has 1 saturated carbocycles. The van der Waals surface area contributed by atoms with Gasteiger partial charge in [-0.05, 0) is 24.7 Å². The van der Waals surface area contributed by atoms with Gasteiger partial charge in [-0.15, -0.1) is 5.92 Å². The summed E-state index contributed by atoms with van der Waals surface area (Å²) in [5.74, 6) is 6.64. The number of unbranched alkanes of at least 4 members (excludes halogenated alkanes) is 4. The van der Waals surface area contributed by atoms with Crippen molar-refractivity contribution in [2.45, 2.75) is 146 Å². The van der Waals surface area contributed by atoms with E-state index in [1.807, 2.05) is 41.5 Å². The molecule has 1 fully saturated rings. The van der Waals surface area contributed by atoms with E-state index in [-0.39, 0.29) is 0 Å². The number of carboxylic acid groups (broad SMARTS) is 1. The number of aliphatic carboxylic acids is 1. The van der Waals surface area contributed by atoms with Crippen LogP contribution in [0.3, 0.4) is 0 Å². The average molecular weight is 441 g/mol. The highest BCUT2D eigenvalue weighted by atomic mass is 16.4. The molecule has 1 atom stereocenters. The van der Waals surface area contributed by atoms with Gasteiger partial charge >= 0.3 is 5.97 Å². The highest BCUT2D eigenvalue weighted by Crippen LogP contribution is 2.27. The second-order valence-corrected chi connectivity index (χ2v) is 7.95. The fraction of sp³-hybridized carbons (Fsp3) is 0.857. The van der Waals surface area contributed by atoms with Gasteiger partial charge in [-0.1, -0.05) is 107 Å². The number of hydrogen-bond donors (Lipinski definition) is 1. The van der Waals surface area contributed by atoms with Crippen LogP contribution < -0.4 is 0 Å². The molecule has 1 rings (SSSR count). The summed E-state index contributed by atoms with van der Waals surface area (Å²) in [4.78, 5) is 21.0. The topological polar surface area (TPSA) is 54.4 Å². The van der Waals surface area contributed by atoms with Gasteiger partial charge < -0.3 is 5.11 Å². The van der Waals surface area contributed by atoms with Gasteiger partial charge in [0.15, 0.2) is 0 Å². The van der Waals surface area contributed by atoms with Gasteiger partial charge in [0.25, 0.3) is 0 Å². The summed E-state index contributed by atoms with van der Waals surface area (Å²) in [7, 11) is 0. The highest BCUT2D eigenvalue weighted by molar-refractivity contribution is 5.81. The van der Waals surface area contributed by atoms with Gasteiger partial charge in [-0.2, -0.15) is 0 Å². The van der Waals surface area contributed by atoms with E-state index in [1.165, 1.54) is 25.7 Å². The van der Waals surface area contributed by atoms with Crippen LogP contribution in [0.15, 0.2) is 0 Å². The largest absolute Gasteiger partial charge is 0.481 e. The first-order valence-corrected chi connectivity index (χ1v) is 13.0. The number of hydrogen-bond acceptors (Lipinski definition) is 2. The number of carboxylic acids is 1. The molecule has 0 radical (unpaired) electrons. The van der Waals surface area contributed by atoms with Gasteiger partial charge in [0, 0.05) is 31.6 Å². The molecule has 0 aromatic heterocycles. The lowest BCUT2D eigenvalue weighted by Gasteiger charge is -2.21. The van der Waals surface area contributed by atoms with Gasteiger partial charge in [0.05, 0.1) is 0 Å². The minimum absolute atomic E-state index is 0.333. The second kappa shape index (κ2) is 28.7. The van der Waals surface area contributed by atoms with Crippen LogP contribution in [0.5, 0.6) is 0 Å². The van der Waals surface area contributed by atoms with Crippen LogP contribution in [0.1, 0.15) is 146 Å². The van der Waals surface area contributed by atoms with Crippen LogP contribution in [0, 0.1) is 23.2 Å². The van der Waals surface area contributed by atoms with Crippen molar-refractivity contribution in [1.29, 1.82) is 0 Å². The van der Waals surface area contributed by atoms with Crippen LogP contribution in [0.2, 0.25) is 0 Å². The fourth-order valence-electron chi connectivity index (χ4n) is 2.82.